The van der Waals surface area contributed by atoms with Crippen LogP contribution in [0.3, 0.4) is 0 Å². The highest BCUT2D eigenvalue weighted by Crippen LogP contribution is 1.97. The molecular formula is C5H11N5O3S. The van der Waals surface area contributed by atoms with Crippen molar-refractivity contribution in [2.45, 2.75) is 18.7 Å². The van der Waals surface area contributed by atoms with E-state index in [9.17, 15) is 8.42 Å². The Morgan fingerprint density at radius 2 is 2.36 bits per heavy atom. The van der Waals surface area contributed by atoms with Gasteiger partial charge in [0, 0.05) is 0 Å². The molecule has 0 saturated carbocycles. The van der Waals surface area contributed by atoms with Crippen molar-refractivity contribution in [3.8, 4) is 0 Å². The summed E-state index contributed by atoms with van der Waals surface area (Å²) in [6.45, 7) is 0.934. The number of tetrazole rings is 1. The van der Waals surface area contributed by atoms with E-state index in [-0.39, 0.29) is 12.4 Å². The van der Waals surface area contributed by atoms with Gasteiger partial charge in [-0.25, -0.2) is 13.1 Å². The van der Waals surface area contributed by atoms with E-state index in [4.69, 9.17) is 5.11 Å². The average Bonchev–Trinajstić information content (AvgIpc) is 2.66. The molecule has 8 nitrogen and oxygen atoms in total. The van der Waals surface area contributed by atoms with E-state index in [1.54, 1.807) is 0 Å². The fraction of sp³-hybridized carbons (Fsp3) is 0.800. The van der Waals surface area contributed by atoms with Gasteiger partial charge in [0.25, 0.3) is 0 Å². The van der Waals surface area contributed by atoms with Crippen LogP contribution in [-0.4, -0.2) is 46.0 Å². The predicted octanol–water partition coefficient (Wildman–Crippen LogP) is -2.00. The molecule has 3 N–H and O–H groups in total. The van der Waals surface area contributed by atoms with E-state index < -0.39 is 21.9 Å². The number of rotatable bonds is 5. The molecular weight excluding hydrogens is 210 g/mol. The summed E-state index contributed by atoms with van der Waals surface area (Å²) in [6, 6.07) is 0. The zero-order valence-corrected chi connectivity index (χ0v) is 8.32. The Labute approximate surface area is 80.8 Å². The molecule has 14 heavy (non-hydrogen) atoms. The maximum Gasteiger partial charge on any atom is 0.216 e. The van der Waals surface area contributed by atoms with Gasteiger partial charge in [0.2, 0.25) is 10.0 Å². The van der Waals surface area contributed by atoms with Gasteiger partial charge in [-0.3, -0.25) is 0 Å². The van der Waals surface area contributed by atoms with Crippen LogP contribution in [0.1, 0.15) is 12.7 Å². The van der Waals surface area contributed by atoms with Gasteiger partial charge < -0.3 is 5.11 Å². The minimum Gasteiger partial charge on any atom is -0.395 e. The molecule has 9 heteroatoms. The average molecular weight is 221 g/mol. The molecule has 1 heterocycles. The number of aromatic nitrogens is 4. The Kier molecular flexibility index (Phi) is 3.49. The number of hydrogen-bond acceptors (Lipinski definition) is 6. The van der Waals surface area contributed by atoms with Crippen LogP contribution in [0.25, 0.3) is 0 Å². The van der Waals surface area contributed by atoms with Crippen molar-refractivity contribution >= 4 is 10.0 Å². The van der Waals surface area contributed by atoms with Crippen LogP contribution in [0.5, 0.6) is 0 Å². The minimum atomic E-state index is -3.51. The van der Waals surface area contributed by atoms with Gasteiger partial charge >= 0.3 is 0 Å². The normalized spacial score (nSPS) is 14.1. The fourth-order valence-corrected chi connectivity index (χ4v) is 1.47. The van der Waals surface area contributed by atoms with E-state index >= 15 is 0 Å². The van der Waals surface area contributed by atoms with Crippen LogP contribution in [0.15, 0.2) is 0 Å². The van der Waals surface area contributed by atoms with Crippen LogP contribution in [-0.2, 0) is 16.6 Å². The number of aliphatic hydroxyl groups excluding tert-OH is 1. The number of sulfonamides is 1. The molecule has 1 aromatic heterocycles. The summed E-state index contributed by atoms with van der Waals surface area (Å²) in [4.78, 5) is 0. The van der Waals surface area contributed by atoms with Gasteiger partial charge in [-0.1, -0.05) is 5.21 Å². The van der Waals surface area contributed by atoms with Crippen molar-refractivity contribution in [1.29, 1.82) is 0 Å². The van der Waals surface area contributed by atoms with Gasteiger partial charge in [-0.05, 0) is 6.92 Å². The van der Waals surface area contributed by atoms with E-state index in [1.165, 1.54) is 6.92 Å². The lowest BCUT2D eigenvalue weighted by Crippen LogP contribution is -2.34. The predicted molar refractivity (Wildman–Crippen MR) is 46.5 cm³/mol. The van der Waals surface area contributed by atoms with Gasteiger partial charge in [0.15, 0.2) is 5.82 Å². The topological polar surface area (TPSA) is 121 Å². The van der Waals surface area contributed by atoms with Crippen molar-refractivity contribution < 1.29 is 13.5 Å². The number of aliphatic hydroxyl groups is 1. The Morgan fingerprint density at radius 1 is 1.64 bits per heavy atom. The van der Waals surface area contributed by atoms with Gasteiger partial charge in [-0.2, -0.15) is 5.21 Å². The molecule has 0 aromatic carbocycles. The number of nitrogens with zero attached hydrogens (tertiary/aromatic N) is 3. The summed E-state index contributed by atoms with van der Waals surface area (Å²) in [7, 11) is -3.51. The molecule has 0 aliphatic heterocycles. The molecule has 1 aromatic rings. The smallest absolute Gasteiger partial charge is 0.216 e. The quantitative estimate of drug-likeness (QED) is 0.528. The molecule has 0 fully saturated rings. The highest BCUT2D eigenvalue weighted by atomic mass is 32.2. The lowest BCUT2D eigenvalue weighted by molar-refractivity contribution is 0.294. The van der Waals surface area contributed by atoms with Gasteiger partial charge in [0.1, 0.15) is 0 Å². The minimum absolute atomic E-state index is 0.0385. The van der Waals surface area contributed by atoms with Gasteiger partial charge in [0.05, 0.1) is 18.4 Å². The van der Waals surface area contributed by atoms with Crippen molar-refractivity contribution in [3.63, 3.8) is 0 Å². The Balaban J connectivity index is 2.53. The molecule has 1 unspecified atom stereocenters. The zero-order valence-electron chi connectivity index (χ0n) is 7.51. The first-order valence-corrected chi connectivity index (χ1v) is 5.42. The molecule has 0 amide bonds. The maximum absolute atomic E-state index is 11.3. The summed E-state index contributed by atoms with van der Waals surface area (Å²) >= 11 is 0. The second kappa shape index (κ2) is 4.44. The molecule has 0 bridgehead atoms. The molecule has 80 valence electrons. The SMILES string of the molecule is CC(CO)S(=O)(=O)NCc1nn[nH]n1. The highest BCUT2D eigenvalue weighted by Gasteiger charge is 2.19. The molecule has 1 rings (SSSR count). The second-order valence-electron chi connectivity index (χ2n) is 2.69. The molecule has 0 saturated heterocycles. The van der Waals surface area contributed by atoms with E-state index in [2.05, 4.69) is 25.3 Å². The van der Waals surface area contributed by atoms with Crippen LogP contribution >= 0.6 is 0 Å². The third kappa shape index (κ3) is 2.72. The van der Waals surface area contributed by atoms with Crippen LogP contribution < -0.4 is 4.72 Å². The number of hydrogen-bond donors (Lipinski definition) is 3. The summed E-state index contributed by atoms with van der Waals surface area (Å²) in [5.74, 6) is 0.249. The lowest BCUT2D eigenvalue weighted by atomic mass is 10.5. The molecule has 0 aliphatic rings. The summed E-state index contributed by atoms with van der Waals surface area (Å²) < 4.78 is 24.8. The van der Waals surface area contributed by atoms with Gasteiger partial charge in [-0.15, -0.1) is 10.2 Å². The van der Waals surface area contributed by atoms with E-state index in [0.717, 1.165) is 0 Å². The summed E-state index contributed by atoms with van der Waals surface area (Å²) in [5.41, 5.74) is 0. The molecule has 1 atom stereocenters. The maximum atomic E-state index is 11.3. The molecule has 0 radical (unpaired) electrons. The Morgan fingerprint density at radius 3 is 2.86 bits per heavy atom. The Hall–Kier alpha value is -1.06. The lowest BCUT2D eigenvalue weighted by Gasteiger charge is -2.09. The third-order valence-corrected chi connectivity index (χ3v) is 3.36. The summed E-state index contributed by atoms with van der Waals surface area (Å²) in [6.07, 6.45) is 0. The standard InChI is InChI=1S/C5H11N5O3S/c1-4(3-11)14(12,13)6-2-5-7-9-10-8-5/h4,6,11H,2-3H2,1H3,(H,7,8,9,10). The first-order chi connectivity index (χ1) is 6.56. The first-order valence-electron chi connectivity index (χ1n) is 3.88. The number of nitrogens with one attached hydrogen (secondary N) is 2. The second-order valence-corrected chi connectivity index (χ2v) is 4.87. The van der Waals surface area contributed by atoms with Crippen molar-refractivity contribution in [3.05, 3.63) is 5.82 Å². The zero-order chi connectivity index (χ0) is 10.6. The van der Waals surface area contributed by atoms with E-state index in [1.807, 2.05) is 0 Å². The Bertz CT molecular complexity index is 361. The highest BCUT2D eigenvalue weighted by molar-refractivity contribution is 7.90. The van der Waals surface area contributed by atoms with Crippen molar-refractivity contribution in [2.24, 2.45) is 0 Å². The summed E-state index contributed by atoms with van der Waals surface area (Å²) in [5, 5.41) is 20.4. The van der Waals surface area contributed by atoms with Crippen molar-refractivity contribution in [1.82, 2.24) is 25.3 Å². The largest absolute Gasteiger partial charge is 0.395 e. The number of aromatic amines is 1. The number of H-pyrrole nitrogens is 1. The fourth-order valence-electron chi connectivity index (χ4n) is 0.663. The van der Waals surface area contributed by atoms with Crippen LogP contribution in [0.2, 0.25) is 0 Å². The monoisotopic (exact) mass is 221 g/mol. The van der Waals surface area contributed by atoms with Crippen LogP contribution in [0, 0.1) is 0 Å². The molecule has 0 spiro atoms. The van der Waals surface area contributed by atoms with Crippen LogP contribution in [0.4, 0.5) is 0 Å². The third-order valence-electron chi connectivity index (χ3n) is 1.61. The molecule has 0 aliphatic carbocycles. The van der Waals surface area contributed by atoms with E-state index in [0.29, 0.717) is 0 Å². The first kappa shape index (κ1) is 11.0. The van der Waals surface area contributed by atoms with Crippen molar-refractivity contribution in [2.75, 3.05) is 6.61 Å².